The van der Waals surface area contributed by atoms with Crippen LogP contribution in [0, 0.1) is 0 Å². The highest BCUT2D eigenvalue weighted by molar-refractivity contribution is 5.81. The van der Waals surface area contributed by atoms with Crippen LogP contribution in [0.3, 0.4) is 0 Å². The Hall–Kier alpha value is -0.940. The average molecular weight is 242 g/mol. The molecule has 1 rings (SSSR count). The third kappa shape index (κ3) is 5.79. The summed E-state index contributed by atoms with van der Waals surface area (Å²) in [6, 6.07) is 0. The number of Topliss-reactive ketones (excluding diaryl/α,β-unsaturated/α-hetero) is 1. The summed E-state index contributed by atoms with van der Waals surface area (Å²) < 4.78 is 5.22. The Bertz CT molecular complexity index is 283. The van der Waals surface area contributed by atoms with Crippen molar-refractivity contribution in [3.05, 3.63) is 0 Å². The largest absolute Gasteiger partial charge is 0.379 e. The summed E-state index contributed by atoms with van der Waals surface area (Å²) in [5.74, 6) is 0.0554. The van der Waals surface area contributed by atoms with Crippen LogP contribution in [-0.2, 0) is 14.3 Å². The highest BCUT2D eigenvalue weighted by Crippen LogP contribution is 2.08. The Morgan fingerprint density at radius 2 is 1.88 bits per heavy atom. The van der Waals surface area contributed by atoms with E-state index in [0.29, 0.717) is 26.2 Å². The van der Waals surface area contributed by atoms with Gasteiger partial charge in [-0.3, -0.25) is 14.5 Å². The zero-order valence-corrected chi connectivity index (χ0v) is 10.9. The maximum Gasteiger partial charge on any atom is 0.234 e. The average Bonchev–Trinajstić information content (AvgIpc) is 2.15. The first-order chi connectivity index (χ1) is 7.89. The molecule has 0 unspecified atom stereocenters. The van der Waals surface area contributed by atoms with Gasteiger partial charge in [-0.15, -0.1) is 0 Å². The fourth-order valence-electron chi connectivity index (χ4n) is 2.05. The number of ketones is 1. The molecule has 1 aliphatic heterocycles. The van der Waals surface area contributed by atoms with Crippen molar-refractivity contribution in [3.8, 4) is 0 Å². The molecule has 1 heterocycles. The number of morpholine rings is 1. The zero-order valence-electron chi connectivity index (χ0n) is 10.9. The van der Waals surface area contributed by atoms with Crippen molar-refractivity contribution in [2.45, 2.75) is 32.7 Å². The van der Waals surface area contributed by atoms with Gasteiger partial charge in [0.15, 0.2) is 0 Å². The number of nitrogens with one attached hydrogen (secondary N) is 1. The summed E-state index contributed by atoms with van der Waals surface area (Å²) in [5, 5.41) is 2.89. The molecule has 1 fully saturated rings. The van der Waals surface area contributed by atoms with E-state index in [9.17, 15) is 9.59 Å². The Balaban J connectivity index is 2.34. The van der Waals surface area contributed by atoms with E-state index in [0.717, 1.165) is 13.1 Å². The van der Waals surface area contributed by atoms with Crippen molar-refractivity contribution in [2.75, 3.05) is 32.8 Å². The van der Waals surface area contributed by atoms with Crippen molar-refractivity contribution in [3.63, 3.8) is 0 Å². The highest BCUT2D eigenvalue weighted by Gasteiger charge is 2.23. The monoisotopic (exact) mass is 242 g/mol. The summed E-state index contributed by atoms with van der Waals surface area (Å²) in [4.78, 5) is 24.9. The highest BCUT2D eigenvalue weighted by atomic mass is 16.5. The predicted molar refractivity (Wildman–Crippen MR) is 64.8 cm³/mol. The molecule has 5 nitrogen and oxygen atoms in total. The van der Waals surface area contributed by atoms with Gasteiger partial charge in [0.1, 0.15) is 5.78 Å². The lowest BCUT2D eigenvalue weighted by molar-refractivity contribution is -0.125. The molecule has 5 heteroatoms. The molecular weight excluding hydrogens is 220 g/mol. The normalized spacial score (nSPS) is 17.8. The summed E-state index contributed by atoms with van der Waals surface area (Å²) >= 11 is 0. The van der Waals surface area contributed by atoms with Gasteiger partial charge in [-0.2, -0.15) is 0 Å². The van der Waals surface area contributed by atoms with Crippen LogP contribution in [0.5, 0.6) is 0 Å². The lowest BCUT2D eigenvalue weighted by Crippen LogP contribution is -2.50. The van der Waals surface area contributed by atoms with Crippen LogP contribution in [0.2, 0.25) is 0 Å². The predicted octanol–water partition coefficient (Wildman–Crippen LogP) is 0.193. The maximum atomic E-state index is 11.8. The number of rotatable bonds is 5. The summed E-state index contributed by atoms with van der Waals surface area (Å²) in [6.45, 7) is 8.60. The second-order valence-corrected chi connectivity index (χ2v) is 5.20. The smallest absolute Gasteiger partial charge is 0.234 e. The van der Waals surface area contributed by atoms with Crippen molar-refractivity contribution in [1.82, 2.24) is 10.2 Å². The van der Waals surface area contributed by atoms with Crippen LogP contribution >= 0.6 is 0 Å². The van der Waals surface area contributed by atoms with Crippen molar-refractivity contribution in [1.29, 1.82) is 0 Å². The van der Waals surface area contributed by atoms with Gasteiger partial charge < -0.3 is 10.1 Å². The topological polar surface area (TPSA) is 58.6 Å². The quantitative estimate of drug-likeness (QED) is 0.748. The first-order valence-electron chi connectivity index (χ1n) is 5.99. The van der Waals surface area contributed by atoms with E-state index < -0.39 is 5.54 Å². The molecule has 0 bridgehead atoms. The third-order valence-corrected chi connectivity index (χ3v) is 2.64. The van der Waals surface area contributed by atoms with Gasteiger partial charge in [0.05, 0.1) is 19.8 Å². The van der Waals surface area contributed by atoms with Crippen molar-refractivity contribution in [2.24, 2.45) is 0 Å². The van der Waals surface area contributed by atoms with Crippen LogP contribution in [-0.4, -0.2) is 55.0 Å². The Labute approximate surface area is 102 Å². The number of carbonyl (C=O) groups is 2. The van der Waals surface area contributed by atoms with Crippen LogP contribution in [0.4, 0.5) is 0 Å². The fourth-order valence-corrected chi connectivity index (χ4v) is 2.05. The van der Waals surface area contributed by atoms with Crippen LogP contribution < -0.4 is 5.32 Å². The lowest BCUT2D eigenvalue weighted by atomic mass is 9.98. The molecule has 1 N–H and O–H groups in total. The number of hydrogen-bond donors (Lipinski definition) is 1. The number of nitrogens with zero attached hydrogens (tertiary/aromatic N) is 1. The van der Waals surface area contributed by atoms with E-state index in [-0.39, 0.29) is 11.7 Å². The summed E-state index contributed by atoms with van der Waals surface area (Å²) in [6.07, 6.45) is 0.363. The Kier molecular flexibility index (Phi) is 5.08. The lowest BCUT2D eigenvalue weighted by Gasteiger charge is -2.29. The van der Waals surface area contributed by atoms with Crippen LogP contribution in [0.1, 0.15) is 27.2 Å². The van der Waals surface area contributed by atoms with E-state index in [2.05, 4.69) is 10.2 Å². The molecule has 0 aromatic carbocycles. The summed E-state index contributed by atoms with van der Waals surface area (Å²) in [5.41, 5.74) is -0.463. The first kappa shape index (κ1) is 14.1. The van der Waals surface area contributed by atoms with E-state index in [4.69, 9.17) is 4.74 Å². The van der Waals surface area contributed by atoms with Crippen molar-refractivity contribution >= 4 is 11.7 Å². The molecule has 0 aromatic rings. The van der Waals surface area contributed by atoms with E-state index >= 15 is 0 Å². The van der Waals surface area contributed by atoms with Gasteiger partial charge in [-0.25, -0.2) is 0 Å². The number of amides is 1. The minimum absolute atomic E-state index is 0.0295. The summed E-state index contributed by atoms with van der Waals surface area (Å²) in [7, 11) is 0. The minimum atomic E-state index is -0.463. The third-order valence-electron chi connectivity index (χ3n) is 2.64. The molecule has 0 aromatic heterocycles. The molecule has 0 spiro atoms. The maximum absolute atomic E-state index is 11.8. The first-order valence-corrected chi connectivity index (χ1v) is 5.99. The van der Waals surface area contributed by atoms with Gasteiger partial charge in [0.25, 0.3) is 0 Å². The molecule has 1 amide bonds. The van der Waals surface area contributed by atoms with Gasteiger partial charge in [-0.1, -0.05) is 0 Å². The van der Waals surface area contributed by atoms with E-state index in [1.54, 1.807) is 0 Å². The Morgan fingerprint density at radius 3 is 2.41 bits per heavy atom. The molecule has 0 aliphatic carbocycles. The zero-order chi connectivity index (χ0) is 12.9. The van der Waals surface area contributed by atoms with Crippen molar-refractivity contribution < 1.29 is 14.3 Å². The molecule has 1 aliphatic rings. The van der Waals surface area contributed by atoms with Gasteiger partial charge in [0, 0.05) is 25.0 Å². The molecular formula is C12H22N2O3. The van der Waals surface area contributed by atoms with Gasteiger partial charge in [0.2, 0.25) is 5.91 Å². The van der Waals surface area contributed by atoms with E-state index in [1.807, 2.05) is 13.8 Å². The molecule has 17 heavy (non-hydrogen) atoms. The Morgan fingerprint density at radius 1 is 1.29 bits per heavy atom. The van der Waals surface area contributed by atoms with Crippen LogP contribution in [0.15, 0.2) is 0 Å². The molecule has 0 saturated carbocycles. The van der Waals surface area contributed by atoms with Crippen LogP contribution in [0.25, 0.3) is 0 Å². The van der Waals surface area contributed by atoms with Gasteiger partial charge >= 0.3 is 0 Å². The molecule has 1 saturated heterocycles. The van der Waals surface area contributed by atoms with Gasteiger partial charge in [-0.05, 0) is 20.8 Å². The minimum Gasteiger partial charge on any atom is -0.379 e. The molecule has 98 valence electrons. The second-order valence-electron chi connectivity index (χ2n) is 5.20. The number of ether oxygens (including phenoxy) is 1. The van der Waals surface area contributed by atoms with E-state index in [1.165, 1.54) is 6.92 Å². The fraction of sp³-hybridized carbons (Fsp3) is 0.833. The number of hydrogen-bond acceptors (Lipinski definition) is 4. The molecule has 0 radical (unpaired) electrons. The SMILES string of the molecule is CC(=O)CC(C)(C)NC(=O)CN1CCOCC1. The number of carbonyl (C=O) groups excluding carboxylic acids is 2. The molecule has 0 atom stereocenters. The second kappa shape index (κ2) is 6.12. The standard InChI is InChI=1S/C12H22N2O3/c1-10(15)8-12(2,3)13-11(16)9-14-4-6-17-7-5-14/h4-9H2,1-3H3,(H,13,16).